The summed E-state index contributed by atoms with van der Waals surface area (Å²) >= 11 is 0. The van der Waals surface area contributed by atoms with E-state index < -0.39 is 11.8 Å². The molecule has 0 radical (unpaired) electrons. The standard InChI is InChI=1S/C15H22FNO3/c1-3-15(4-2,10-18)9-17-8-11-5-6-12(14(19)20)13(16)7-11/h5-7,17-18H,3-4,8-10H2,1-2H3,(H,19,20). The predicted molar refractivity (Wildman–Crippen MR) is 75.2 cm³/mol. The Hall–Kier alpha value is -1.46. The van der Waals surface area contributed by atoms with Gasteiger partial charge in [0.25, 0.3) is 0 Å². The lowest BCUT2D eigenvalue weighted by Gasteiger charge is -2.29. The highest BCUT2D eigenvalue weighted by Crippen LogP contribution is 2.24. The molecule has 0 aliphatic rings. The van der Waals surface area contributed by atoms with E-state index >= 15 is 0 Å². The molecule has 0 heterocycles. The van der Waals surface area contributed by atoms with E-state index in [0.29, 0.717) is 18.7 Å². The molecule has 0 fully saturated rings. The Labute approximate surface area is 118 Å². The van der Waals surface area contributed by atoms with Gasteiger partial charge in [0, 0.05) is 25.1 Å². The summed E-state index contributed by atoms with van der Waals surface area (Å²) < 4.78 is 13.5. The molecular weight excluding hydrogens is 261 g/mol. The Morgan fingerprint density at radius 1 is 1.35 bits per heavy atom. The maximum atomic E-state index is 13.5. The van der Waals surface area contributed by atoms with E-state index in [2.05, 4.69) is 5.32 Å². The minimum absolute atomic E-state index is 0.110. The van der Waals surface area contributed by atoms with Crippen molar-refractivity contribution in [3.63, 3.8) is 0 Å². The van der Waals surface area contributed by atoms with E-state index in [0.717, 1.165) is 12.8 Å². The molecular formula is C15H22FNO3. The molecule has 4 nitrogen and oxygen atoms in total. The van der Waals surface area contributed by atoms with E-state index in [1.165, 1.54) is 12.1 Å². The van der Waals surface area contributed by atoms with Crippen LogP contribution >= 0.6 is 0 Å². The summed E-state index contributed by atoms with van der Waals surface area (Å²) in [6, 6.07) is 4.10. The molecule has 20 heavy (non-hydrogen) atoms. The molecule has 0 aliphatic heterocycles. The quantitative estimate of drug-likeness (QED) is 0.685. The summed E-state index contributed by atoms with van der Waals surface area (Å²) in [6.07, 6.45) is 1.72. The molecule has 112 valence electrons. The number of rotatable bonds is 8. The zero-order valence-corrected chi connectivity index (χ0v) is 11.9. The average molecular weight is 283 g/mol. The fraction of sp³-hybridized carbons (Fsp3) is 0.533. The van der Waals surface area contributed by atoms with E-state index in [9.17, 15) is 14.3 Å². The second-order valence-electron chi connectivity index (χ2n) is 5.09. The van der Waals surface area contributed by atoms with Gasteiger partial charge >= 0.3 is 5.97 Å². The monoisotopic (exact) mass is 283 g/mol. The van der Waals surface area contributed by atoms with Gasteiger partial charge in [0.15, 0.2) is 0 Å². The molecule has 3 N–H and O–H groups in total. The fourth-order valence-corrected chi connectivity index (χ4v) is 2.09. The Balaban J connectivity index is 2.63. The first-order valence-corrected chi connectivity index (χ1v) is 6.81. The van der Waals surface area contributed by atoms with Gasteiger partial charge in [-0.15, -0.1) is 0 Å². The third-order valence-electron chi connectivity index (χ3n) is 3.93. The zero-order valence-electron chi connectivity index (χ0n) is 11.9. The van der Waals surface area contributed by atoms with Crippen LogP contribution in [0.15, 0.2) is 18.2 Å². The number of carbonyl (C=O) groups is 1. The Bertz CT molecular complexity index is 450. The Morgan fingerprint density at radius 3 is 2.45 bits per heavy atom. The minimum Gasteiger partial charge on any atom is -0.478 e. The van der Waals surface area contributed by atoms with Crippen LogP contribution in [0.1, 0.15) is 42.6 Å². The third kappa shape index (κ3) is 4.02. The van der Waals surface area contributed by atoms with Crippen molar-refractivity contribution in [2.24, 2.45) is 5.41 Å². The van der Waals surface area contributed by atoms with E-state index in [1.54, 1.807) is 6.07 Å². The number of hydrogen-bond acceptors (Lipinski definition) is 3. The predicted octanol–water partition coefficient (Wildman–Crippen LogP) is 2.41. The number of benzene rings is 1. The largest absolute Gasteiger partial charge is 0.478 e. The second kappa shape index (κ2) is 7.36. The molecule has 0 amide bonds. The van der Waals surface area contributed by atoms with Crippen LogP contribution in [0.3, 0.4) is 0 Å². The minimum atomic E-state index is -1.27. The molecule has 5 heteroatoms. The molecule has 1 rings (SSSR count). The van der Waals surface area contributed by atoms with Gasteiger partial charge in [-0.25, -0.2) is 9.18 Å². The van der Waals surface area contributed by atoms with Crippen LogP contribution in [-0.4, -0.2) is 29.3 Å². The van der Waals surface area contributed by atoms with Crippen LogP contribution < -0.4 is 5.32 Å². The number of aromatic carboxylic acids is 1. The van der Waals surface area contributed by atoms with Crippen LogP contribution in [-0.2, 0) is 6.54 Å². The first-order valence-electron chi connectivity index (χ1n) is 6.81. The van der Waals surface area contributed by atoms with Gasteiger partial charge in [-0.2, -0.15) is 0 Å². The summed E-state index contributed by atoms with van der Waals surface area (Å²) in [4.78, 5) is 10.7. The maximum Gasteiger partial charge on any atom is 0.338 e. The normalized spacial score (nSPS) is 11.6. The fourth-order valence-electron chi connectivity index (χ4n) is 2.09. The van der Waals surface area contributed by atoms with Gasteiger partial charge in [-0.05, 0) is 30.5 Å². The molecule has 0 bridgehead atoms. The molecule has 0 spiro atoms. The summed E-state index contributed by atoms with van der Waals surface area (Å²) in [5.41, 5.74) is 0.214. The summed E-state index contributed by atoms with van der Waals surface area (Å²) in [6.45, 7) is 5.25. The first-order chi connectivity index (χ1) is 9.48. The van der Waals surface area contributed by atoms with Crippen molar-refractivity contribution in [3.8, 4) is 0 Å². The molecule has 0 aromatic heterocycles. The lowest BCUT2D eigenvalue weighted by molar-refractivity contribution is 0.0692. The van der Waals surface area contributed by atoms with Gasteiger partial charge in [-0.1, -0.05) is 19.9 Å². The maximum absolute atomic E-state index is 13.5. The average Bonchev–Trinajstić information content (AvgIpc) is 2.44. The van der Waals surface area contributed by atoms with E-state index in [1.807, 2.05) is 13.8 Å². The van der Waals surface area contributed by atoms with Gasteiger partial charge in [-0.3, -0.25) is 0 Å². The number of carboxylic acids is 1. The highest BCUT2D eigenvalue weighted by Gasteiger charge is 2.24. The topological polar surface area (TPSA) is 69.6 Å². The van der Waals surface area contributed by atoms with Crippen molar-refractivity contribution in [2.75, 3.05) is 13.2 Å². The number of aliphatic hydroxyl groups is 1. The molecule has 0 aliphatic carbocycles. The van der Waals surface area contributed by atoms with Gasteiger partial charge in [0.05, 0.1) is 5.56 Å². The van der Waals surface area contributed by atoms with Crippen molar-refractivity contribution >= 4 is 5.97 Å². The SMILES string of the molecule is CCC(CC)(CO)CNCc1ccc(C(=O)O)c(F)c1. The van der Waals surface area contributed by atoms with E-state index in [4.69, 9.17) is 5.11 Å². The summed E-state index contributed by atoms with van der Waals surface area (Å²) in [7, 11) is 0. The van der Waals surface area contributed by atoms with E-state index in [-0.39, 0.29) is 17.6 Å². The smallest absolute Gasteiger partial charge is 0.338 e. The van der Waals surface area contributed by atoms with Crippen molar-refractivity contribution in [2.45, 2.75) is 33.2 Å². The third-order valence-corrected chi connectivity index (χ3v) is 3.93. The summed E-state index contributed by atoms with van der Waals surface area (Å²) in [5, 5.41) is 21.4. The van der Waals surface area contributed by atoms with Gasteiger partial charge < -0.3 is 15.5 Å². The van der Waals surface area contributed by atoms with Crippen LogP contribution in [0.4, 0.5) is 4.39 Å². The zero-order chi connectivity index (χ0) is 15.2. The molecule has 0 saturated carbocycles. The van der Waals surface area contributed by atoms with Crippen LogP contribution in [0.2, 0.25) is 0 Å². The summed E-state index contributed by atoms with van der Waals surface area (Å²) in [5.74, 6) is -1.99. The number of nitrogens with one attached hydrogen (secondary N) is 1. The Kier molecular flexibility index (Phi) is 6.10. The number of hydrogen-bond donors (Lipinski definition) is 3. The van der Waals surface area contributed by atoms with Crippen molar-refractivity contribution in [1.29, 1.82) is 0 Å². The first kappa shape index (κ1) is 16.6. The number of aliphatic hydroxyl groups excluding tert-OH is 1. The van der Waals surface area contributed by atoms with Crippen molar-refractivity contribution in [1.82, 2.24) is 5.32 Å². The van der Waals surface area contributed by atoms with Crippen molar-refractivity contribution in [3.05, 3.63) is 35.1 Å². The Morgan fingerprint density at radius 2 is 2.00 bits per heavy atom. The number of halogens is 1. The van der Waals surface area contributed by atoms with Gasteiger partial charge in [0.2, 0.25) is 0 Å². The molecule has 0 saturated heterocycles. The molecule has 1 aromatic carbocycles. The van der Waals surface area contributed by atoms with Crippen LogP contribution in [0.5, 0.6) is 0 Å². The highest BCUT2D eigenvalue weighted by atomic mass is 19.1. The van der Waals surface area contributed by atoms with Crippen LogP contribution in [0, 0.1) is 11.2 Å². The lowest BCUT2D eigenvalue weighted by Crippen LogP contribution is -2.36. The molecule has 0 atom stereocenters. The molecule has 0 unspecified atom stereocenters. The molecule has 1 aromatic rings. The van der Waals surface area contributed by atoms with Crippen LogP contribution in [0.25, 0.3) is 0 Å². The lowest BCUT2D eigenvalue weighted by atomic mass is 9.83. The highest BCUT2D eigenvalue weighted by molar-refractivity contribution is 5.87. The van der Waals surface area contributed by atoms with Gasteiger partial charge in [0.1, 0.15) is 5.82 Å². The second-order valence-corrected chi connectivity index (χ2v) is 5.09. The van der Waals surface area contributed by atoms with Crippen molar-refractivity contribution < 1.29 is 19.4 Å². The number of carboxylic acid groups (broad SMARTS) is 1.